The lowest BCUT2D eigenvalue weighted by Crippen LogP contribution is -2.48. The summed E-state index contributed by atoms with van der Waals surface area (Å²) in [7, 11) is 1.66. The molecule has 1 atom stereocenters. The Kier molecular flexibility index (Phi) is 6.19. The molecule has 5 nitrogen and oxygen atoms in total. The molecule has 1 unspecified atom stereocenters. The third-order valence-corrected chi connectivity index (χ3v) is 7.66. The maximum Gasteiger partial charge on any atom is 0.417 e. The van der Waals surface area contributed by atoms with Crippen LogP contribution in [0.1, 0.15) is 28.8 Å². The number of nitrogens with zero attached hydrogens (tertiary/aromatic N) is 3. The first kappa shape index (κ1) is 22.6. The lowest BCUT2D eigenvalue weighted by molar-refractivity contribution is -0.137. The van der Waals surface area contributed by atoms with Crippen molar-refractivity contribution in [1.82, 2.24) is 10.2 Å². The summed E-state index contributed by atoms with van der Waals surface area (Å²) >= 11 is 1.70. The maximum absolute atomic E-state index is 13.4. The standard InChI is InChI=1S/C23H25F3N4OS/c1-28-21(31)20-14-29(13-18-3-2-10-32-18)15-22(20)6-8-30(9-7-22)17-5-4-16(12-27)19(11-17)23(24,25)26/h2-5,10-11,20H,6-9,13-15H2,1H3,(H,28,31). The van der Waals surface area contributed by atoms with Crippen molar-refractivity contribution < 1.29 is 18.0 Å². The summed E-state index contributed by atoms with van der Waals surface area (Å²) in [6.07, 6.45) is -3.11. The summed E-state index contributed by atoms with van der Waals surface area (Å²) in [5.41, 5.74) is -0.984. The van der Waals surface area contributed by atoms with Gasteiger partial charge in [0.25, 0.3) is 0 Å². The highest BCUT2D eigenvalue weighted by atomic mass is 32.1. The van der Waals surface area contributed by atoms with E-state index in [1.54, 1.807) is 30.5 Å². The molecule has 32 heavy (non-hydrogen) atoms. The van der Waals surface area contributed by atoms with Gasteiger partial charge < -0.3 is 10.2 Å². The molecule has 2 aliphatic heterocycles. The second-order valence-electron chi connectivity index (χ2n) is 8.60. The average Bonchev–Trinajstić information content (AvgIpc) is 3.41. The van der Waals surface area contributed by atoms with Crippen molar-refractivity contribution in [2.75, 3.05) is 38.1 Å². The molecule has 2 aliphatic rings. The van der Waals surface area contributed by atoms with Gasteiger partial charge in [0.15, 0.2) is 0 Å². The minimum Gasteiger partial charge on any atom is -0.371 e. The quantitative estimate of drug-likeness (QED) is 0.743. The van der Waals surface area contributed by atoms with E-state index in [1.165, 1.54) is 10.9 Å². The van der Waals surface area contributed by atoms with E-state index in [-0.39, 0.29) is 22.8 Å². The number of anilines is 1. The van der Waals surface area contributed by atoms with Gasteiger partial charge in [-0.25, -0.2) is 0 Å². The minimum absolute atomic E-state index is 0.0323. The number of alkyl halides is 3. The SMILES string of the molecule is CNC(=O)C1CN(Cc2cccs2)CC12CCN(c1ccc(C#N)c(C(F)(F)F)c1)CC2. The highest BCUT2D eigenvalue weighted by Gasteiger charge is 2.51. The highest BCUT2D eigenvalue weighted by Crippen LogP contribution is 2.46. The molecule has 0 aliphatic carbocycles. The van der Waals surface area contributed by atoms with Crippen molar-refractivity contribution >= 4 is 22.9 Å². The van der Waals surface area contributed by atoms with Gasteiger partial charge in [-0.15, -0.1) is 11.3 Å². The molecule has 170 valence electrons. The number of carbonyl (C=O) groups is 1. The summed E-state index contributed by atoms with van der Waals surface area (Å²) in [5, 5.41) is 13.9. The predicted octanol–water partition coefficient (Wildman–Crippen LogP) is 4.10. The molecule has 2 fully saturated rings. The number of carbonyl (C=O) groups excluding carboxylic acids is 1. The molecule has 1 spiro atoms. The van der Waals surface area contributed by atoms with E-state index >= 15 is 0 Å². The third kappa shape index (κ3) is 4.34. The Morgan fingerprint density at radius 1 is 1.31 bits per heavy atom. The summed E-state index contributed by atoms with van der Waals surface area (Å²) in [6.45, 7) is 3.44. The monoisotopic (exact) mass is 462 g/mol. The molecule has 9 heteroatoms. The second-order valence-corrected chi connectivity index (χ2v) is 9.64. The summed E-state index contributed by atoms with van der Waals surface area (Å²) < 4.78 is 40.1. The van der Waals surface area contributed by atoms with E-state index in [4.69, 9.17) is 5.26 Å². The number of halogens is 3. The van der Waals surface area contributed by atoms with Crippen molar-refractivity contribution in [1.29, 1.82) is 5.26 Å². The summed E-state index contributed by atoms with van der Waals surface area (Å²) in [4.78, 5) is 18.2. The van der Waals surface area contributed by atoms with Crippen molar-refractivity contribution in [2.24, 2.45) is 11.3 Å². The van der Waals surface area contributed by atoms with E-state index in [2.05, 4.69) is 16.3 Å². The smallest absolute Gasteiger partial charge is 0.371 e. The van der Waals surface area contributed by atoms with E-state index in [9.17, 15) is 18.0 Å². The zero-order valence-corrected chi connectivity index (χ0v) is 18.6. The topological polar surface area (TPSA) is 59.4 Å². The number of likely N-dealkylation sites (tertiary alicyclic amines) is 1. The van der Waals surface area contributed by atoms with Gasteiger partial charge >= 0.3 is 6.18 Å². The van der Waals surface area contributed by atoms with Crippen LogP contribution in [-0.4, -0.2) is 44.0 Å². The van der Waals surface area contributed by atoms with Crippen molar-refractivity contribution in [3.05, 3.63) is 51.7 Å². The lowest BCUT2D eigenvalue weighted by atomic mass is 9.70. The van der Waals surface area contributed by atoms with Gasteiger partial charge in [-0.05, 0) is 47.9 Å². The molecule has 1 aromatic carbocycles. The molecule has 1 N–H and O–H groups in total. The molecule has 2 saturated heterocycles. The molecule has 0 radical (unpaired) electrons. The summed E-state index contributed by atoms with van der Waals surface area (Å²) in [5.74, 6) is -0.105. The van der Waals surface area contributed by atoms with Gasteiger partial charge in [0.2, 0.25) is 5.91 Å². The third-order valence-electron chi connectivity index (χ3n) is 6.79. The van der Waals surface area contributed by atoms with Crippen LogP contribution in [0.5, 0.6) is 0 Å². The van der Waals surface area contributed by atoms with Crippen molar-refractivity contribution in [3.8, 4) is 6.07 Å². The van der Waals surface area contributed by atoms with E-state index in [1.807, 2.05) is 16.3 Å². The molecule has 0 bridgehead atoms. The van der Waals surface area contributed by atoms with Crippen LogP contribution >= 0.6 is 11.3 Å². The number of hydrogen-bond acceptors (Lipinski definition) is 5. The number of hydrogen-bond donors (Lipinski definition) is 1. The molecule has 3 heterocycles. The lowest BCUT2D eigenvalue weighted by Gasteiger charge is -2.43. The van der Waals surface area contributed by atoms with Gasteiger partial charge in [-0.1, -0.05) is 6.07 Å². The van der Waals surface area contributed by atoms with Crippen molar-refractivity contribution in [2.45, 2.75) is 25.6 Å². The average molecular weight is 463 g/mol. The Hall–Kier alpha value is -2.57. The van der Waals surface area contributed by atoms with Crippen LogP contribution in [0.2, 0.25) is 0 Å². The summed E-state index contributed by atoms with van der Waals surface area (Å²) in [6, 6.07) is 9.65. The van der Waals surface area contributed by atoms with Gasteiger partial charge in [0.05, 0.1) is 23.1 Å². The van der Waals surface area contributed by atoms with Gasteiger partial charge in [-0.2, -0.15) is 18.4 Å². The number of benzene rings is 1. The fraction of sp³-hybridized carbons (Fsp3) is 0.478. The largest absolute Gasteiger partial charge is 0.417 e. The van der Waals surface area contributed by atoms with Crippen LogP contribution < -0.4 is 10.2 Å². The number of nitriles is 1. The molecular formula is C23H25F3N4OS. The Bertz CT molecular complexity index is 1010. The Labute approximate surface area is 189 Å². The van der Waals surface area contributed by atoms with E-state index in [0.717, 1.165) is 32.0 Å². The number of rotatable bonds is 4. The fourth-order valence-corrected chi connectivity index (χ4v) is 5.87. The first-order valence-electron chi connectivity index (χ1n) is 10.6. The Morgan fingerprint density at radius 2 is 2.06 bits per heavy atom. The highest BCUT2D eigenvalue weighted by molar-refractivity contribution is 7.09. The van der Waals surface area contributed by atoms with Crippen LogP contribution in [0.15, 0.2) is 35.7 Å². The first-order valence-corrected chi connectivity index (χ1v) is 11.5. The molecule has 2 aromatic rings. The Morgan fingerprint density at radius 3 is 2.66 bits per heavy atom. The molecule has 1 amide bonds. The van der Waals surface area contributed by atoms with Gasteiger partial charge in [0.1, 0.15) is 0 Å². The second kappa shape index (κ2) is 8.75. The number of nitrogens with one attached hydrogen (secondary N) is 1. The fourth-order valence-electron chi connectivity index (χ4n) is 5.13. The van der Waals surface area contributed by atoms with Crippen LogP contribution in [0, 0.1) is 22.7 Å². The Balaban J connectivity index is 1.52. The number of thiophene rings is 1. The molecule has 4 rings (SSSR count). The molecule has 0 saturated carbocycles. The zero-order chi connectivity index (χ0) is 22.9. The maximum atomic E-state index is 13.4. The zero-order valence-electron chi connectivity index (χ0n) is 17.8. The van der Waals surface area contributed by atoms with Crippen molar-refractivity contribution in [3.63, 3.8) is 0 Å². The predicted molar refractivity (Wildman–Crippen MR) is 117 cm³/mol. The van der Waals surface area contributed by atoms with Gasteiger partial charge in [0, 0.05) is 50.3 Å². The minimum atomic E-state index is -4.57. The van der Waals surface area contributed by atoms with Crippen LogP contribution in [0.3, 0.4) is 0 Å². The number of amides is 1. The van der Waals surface area contributed by atoms with Crippen LogP contribution in [0.4, 0.5) is 18.9 Å². The first-order chi connectivity index (χ1) is 15.3. The molecule has 1 aromatic heterocycles. The normalized spacial score (nSPS) is 21.0. The molecular weight excluding hydrogens is 437 g/mol. The number of piperidine rings is 1. The van der Waals surface area contributed by atoms with E-state index < -0.39 is 11.7 Å². The van der Waals surface area contributed by atoms with Crippen LogP contribution in [-0.2, 0) is 17.5 Å². The van der Waals surface area contributed by atoms with Crippen LogP contribution in [0.25, 0.3) is 0 Å². The van der Waals surface area contributed by atoms with Gasteiger partial charge in [-0.3, -0.25) is 9.69 Å². The van der Waals surface area contributed by atoms with E-state index in [0.29, 0.717) is 25.3 Å².